The van der Waals surface area contributed by atoms with Gasteiger partial charge in [-0.25, -0.2) is 4.98 Å². The number of aromatic nitrogens is 1. The third kappa shape index (κ3) is 4.40. The average Bonchev–Trinajstić information content (AvgIpc) is 2.68. The first kappa shape index (κ1) is 19.2. The maximum absolute atomic E-state index is 13.1. The fourth-order valence-corrected chi connectivity index (χ4v) is 2.56. The van der Waals surface area contributed by atoms with Gasteiger partial charge in [0.15, 0.2) is 0 Å². The fourth-order valence-electron chi connectivity index (χ4n) is 2.56. The van der Waals surface area contributed by atoms with E-state index in [-0.39, 0.29) is 11.3 Å². The Morgan fingerprint density at radius 2 is 1.68 bits per heavy atom. The summed E-state index contributed by atoms with van der Waals surface area (Å²) >= 11 is 0. The lowest BCUT2D eigenvalue weighted by Gasteiger charge is -2.14. The molecular formula is C20H16F3N3O2. The van der Waals surface area contributed by atoms with E-state index in [1.54, 1.807) is 24.3 Å². The Morgan fingerprint density at radius 3 is 2.39 bits per heavy atom. The summed E-state index contributed by atoms with van der Waals surface area (Å²) in [5.74, 6) is 0.252. The number of rotatable bonds is 5. The topological polar surface area (TPSA) is 63.2 Å². The van der Waals surface area contributed by atoms with Crippen LogP contribution >= 0.6 is 0 Å². The molecule has 3 aromatic rings. The smallest absolute Gasteiger partial charge is 0.418 e. The van der Waals surface area contributed by atoms with Crippen LogP contribution in [0.25, 0.3) is 0 Å². The Kier molecular flexibility index (Phi) is 5.49. The Hall–Kier alpha value is -3.55. The summed E-state index contributed by atoms with van der Waals surface area (Å²) in [5, 5.41) is 5.33. The largest absolute Gasteiger partial charge is 0.495 e. The maximum Gasteiger partial charge on any atom is 0.418 e. The lowest BCUT2D eigenvalue weighted by Crippen LogP contribution is -2.16. The van der Waals surface area contributed by atoms with Crippen LogP contribution in [0.5, 0.6) is 5.75 Å². The van der Waals surface area contributed by atoms with Crippen molar-refractivity contribution in [3.63, 3.8) is 0 Å². The van der Waals surface area contributed by atoms with Gasteiger partial charge in [-0.3, -0.25) is 4.79 Å². The van der Waals surface area contributed by atoms with Crippen molar-refractivity contribution in [2.45, 2.75) is 6.18 Å². The summed E-state index contributed by atoms with van der Waals surface area (Å²) in [4.78, 5) is 16.6. The van der Waals surface area contributed by atoms with Gasteiger partial charge in [-0.2, -0.15) is 13.2 Å². The predicted molar refractivity (Wildman–Crippen MR) is 99.9 cm³/mol. The molecule has 0 aliphatic carbocycles. The number of hydrogen-bond acceptors (Lipinski definition) is 4. The molecule has 1 amide bonds. The van der Waals surface area contributed by atoms with Crippen molar-refractivity contribution in [2.75, 3.05) is 17.7 Å². The number of methoxy groups -OCH3 is 1. The molecule has 3 rings (SSSR count). The van der Waals surface area contributed by atoms with Crippen molar-refractivity contribution < 1.29 is 22.7 Å². The standard InChI is InChI=1S/C20H16F3N3O2/c1-28-17-9-5-4-8-16(17)25-18-12-13(10-11-24-18)19(27)26-15-7-3-2-6-14(15)20(21,22)23/h2-12H,1H3,(H,24,25)(H,26,27). The second-order valence-electron chi connectivity index (χ2n) is 5.75. The van der Waals surface area contributed by atoms with E-state index in [1.165, 1.54) is 43.6 Å². The van der Waals surface area contributed by atoms with E-state index in [1.807, 2.05) is 0 Å². The van der Waals surface area contributed by atoms with E-state index < -0.39 is 17.6 Å². The molecule has 0 spiro atoms. The summed E-state index contributed by atoms with van der Waals surface area (Å²) in [6, 6.07) is 14.8. The van der Waals surface area contributed by atoms with Crippen LogP contribution in [0.4, 0.5) is 30.4 Å². The second-order valence-corrected chi connectivity index (χ2v) is 5.75. The highest BCUT2D eigenvalue weighted by Crippen LogP contribution is 2.34. The number of benzene rings is 2. The first-order valence-corrected chi connectivity index (χ1v) is 8.22. The van der Waals surface area contributed by atoms with Crippen LogP contribution in [0.1, 0.15) is 15.9 Å². The summed E-state index contributed by atoms with van der Waals surface area (Å²) in [6.45, 7) is 0. The zero-order valence-electron chi connectivity index (χ0n) is 14.7. The molecule has 1 aromatic heterocycles. The lowest BCUT2D eigenvalue weighted by atomic mass is 10.1. The molecule has 1 heterocycles. The van der Waals surface area contributed by atoms with E-state index in [2.05, 4.69) is 15.6 Å². The summed E-state index contributed by atoms with van der Waals surface area (Å²) < 4.78 is 44.5. The minimum absolute atomic E-state index is 0.157. The predicted octanol–water partition coefficient (Wildman–Crippen LogP) is 5.10. The van der Waals surface area contributed by atoms with Crippen LogP contribution in [0.3, 0.4) is 0 Å². The maximum atomic E-state index is 13.1. The number of carbonyl (C=O) groups excluding carboxylic acids is 1. The van der Waals surface area contributed by atoms with E-state index >= 15 is 0 Å². The summed E-state index contributed by atoms with van der Waals surface area (Å²) in [5.41, 5.74) is -0.428. The minimum Gasteiger partial charge on any atom is -0.495 e. The Bertz CT molecular complexity index is 990. The van der Waals surface area contributed by atoms with Gasteiger partial charge in [0.05, 0.1) is 24.0 Å². The highest BCUT2D eigenvalue weighted by Gasteiger charge is 2.33. The second kappa shape index (κ2) is 7.99. The molecule has 0 bridgehead atoms. The van der Waals surface area contributed by atoms with Crippen molar-refractivity contribution in [3.05, 3.63) is 78.0 Å². The Morgan fingerprint density at radius 1 is 1.00 bits per heavy atom. The van der Waals surface area contributed by atoms with Crippen LogP contribution in [0.15, 0.2) is 66.9 Å². The molecule has 0 radical (unpaired) electrons. The van der Waals surface area contributed by atoms with Crippen LogP contribution in [0.2, 0.25) is 0 Å². The number of hydrogen-bond donors (Lipinski definition) is 2. The first-order valence-electron chi connectivity index (χ1n) is 8.22. The number of pyridine rings is 1. The Balaban J connectivity index is 1.82. The van der Waals surface area contributed by atoms with Gasteiger partial charge in [0.1, 0.15) is 11.6 Å². The van der Waals surface area contributed by atoms with Crippen molar-refractivity contribution >= 4 is 23.1 Å². The van der Waals surface area contributed by atoms with Gasteiger partial charge >= 0.3 is 6.18 Å². The number of halogens is 3. The van der Waals surface area contributed by atoms with Crippen LogP contribution in [0, 0.1) is 0 Å². The van der Waals surface area contributed by atoms with Gasteiger partial charge in [-0.05, 0) is 36.4 Å². The molecule has 5 nitrogen and oxygen atoms in total. The highest BCUT2D eigenvalue weighted by atomic mass is 19.4. The van der Waals surface area contributed by atoms with E-state index in [9.17, 15) is 18.0 Å². The zero-order valence-corrected chi connectivity index (χ0v) is 14.7. The molecule has 0 aliphatic rings. The molecule has 0 atom stereocenters. The number of ether oxygens (including phenoxy) is 1. The molecule has 0 saturated heterocycles. The third-order valence-corrected chi connectivity index (χ3v) is 3.87. The molecule has 0 fully saturated rings. The van der Waals surface area contributed by atoms with Crippen molar-refractivity contribution in [2.24, 2.45) is 0 Å². The van der Waals surface area contributed by atoms with Gasteiger partial charge in [0.25, 0.3) is 5.91 Å². The number of amides is 1. The van der Waals surface area contributed by atoms with Gasteiger partial charge < -0.3 is 15.4 Å². The van der Waals surface area contributed by atoms with Crippen molar-refractivity contribution in [3.8, 4) is 5.75 Å². The van der Waals surface area contributed by atoms with Gasteiger partial charge in [-0.1, -0.05) is 24.3 Å². The first-order chi connectivity index (χ1) is 13.4. The van der Waals surface area contributed by atoms with E-state index in [0.29, 0.717) is 17.3 Å². The van der Waals surface area contributed by atoms with Crippen molar-refractivity contribution in [1.82, 2.24) is 4.98 Å². The fraction of sp³-hybridized carbons (Fsp3) is 0.100. The third-order valence-electron chi connectivity index (χ3n) is 3.87. The number of nitrogens with one attached hydrogen (secondary N) is 2. The molecule has 2 aromatic carbocycles. The molecule has 0 unspecified atom stereocenters. The average molecular weight is 387 g/mol. The zero-order chi connectivity index (χ0) is 20.1. The monoisotopic (exact) mass is 387 g/mol. The Labute approximate surface area is 159 Å². The lowest BCUT2D eigenvalue weighted by molar-refractivity contribution is -0.136. The molecule has 28 heavy (non-hydrogen) atoms. The van der Waals surface area contributed by atoms with Gasteiger partial charge in [0.2, 0.25) is 0 Å². The van der Waals surface area contributed by atoms with Crippen molar-refractivity contribution in [1.29, 1.82) is 0 Å². The molecule has 2 N–H and O–H groups in total. The molecule has 0 aliphatic heterocycles. The molecule has 8 heteroatoms. The van der Waals surface area contributed by atoms with Gasteiger partial charge in [0, 0.05) is 11.8 Å². The minimum atomic E-state index is -4.57. The highest BCUT2D eigenvalue weighted by molar-refractivity contribution is 6.05. The van der Waals surface area contributed by atoms with E-state index in [0.717, 1.165) is 6.07 Å². The molecular weight excluding hydrogens is 371 g/mol. The molecule has 144 valence electrons. The van der Waals surface area contributed by atoms with Gasteiger partial charge in [-0.15, -0.1) is 0 Å². The normalized spacial score (nSPS) is 11.0. The molecule has 0 saturated carbocycles. The van der Waals surface area contributed by atoms with Crippen LogP contribution in [-0.2, 0) is 6.18 Å². The SMILES string of the molecule is COc1ccccc1Nc1cc(C(=O)Nc2ccccc2C(F)(F)F)ccn1. The van der Waals surface area contributed by atoms with E-state index in [4.69, 9.17) is 4.74 Å². The number of carbonyl (C=O) groups is 1. The number of nitrogens with zero attached hydrogens (tertiary/aromatic N) is 1. The number of anilines is 3. The van der Waals surface area contributed by atoms with Crippen LogP contribution in [-0.4, -0.2) is 18.0 Å². The number of alkyl halides is 3. The summed E-state index contributed by atoms with van der Waals surface area (Å²) in [7, 11) is 1.52. The van der Waals surface area contributed by atoms with Crippen LogP contribution < -0.4 is 15.4 Å². The number of para-hydroxylation sites is 3. The quantitative estimate of drug-likeness (QED) is 0.639. The summed E-state index contributed by atoms with van der Waals surface area (Å²) in [6.07, 6.45) is -3.18.